The number of non-ortho nitro benzene ring substituents is 1. The predicted octanol–water partition coefficient (Wildman–Crippen LogP) is 4.02. The van der Waals surface area contributed by atoms with Crippen molar-refractivity contribution in [3.63, 3.8) is 0 Å². The van der Waals surface area contributed by atoms with Crippen molar-refractivity contribution in [2.24, 2.45) is 5.92 Å². The maximum atomic E-state index is 12.8. The number of carbonyl (C=O) groups is 1. The maximum absolute atomic E-state index is 12.8. The SMILES string of the molecule is CC(C)CN1COc2ccc3c(c2C1)O/C(=C\c1cccc([N+](=O)[O-])c1)C3=O. The van der Waals surface area contributed by atoms with E-state index >= 15 is 0 Å². The summed E-state index contributed by atoms with van der Waals surface area (Å²) in [5.41, 5.74) is 1.86. The summed E-state index contributed by atoms with van der Waals surface area (Å²) >= 11 is 0. The van der Waals surface area contributed by atoms with Gasteiger partial charge in [0.05, 0.1) is 16.1 Å². The van der Waals surface area contributed by atoms with Crippen molar-refractivity contribution in [1.82, 2.24) is 4.90 Å². The van der Waals surface area contributed by atoms with Gasteiger partial charge >= 0.3 is 0 Å². The number of ether oxygens (including phenoxy) is 2. The molecular formula is C21H20N2O5. The Kier molecular flexibility index (Phi) is 4.60. The summed E-state index contributed by atoms with van der Waals surface area (Å²) in [5.74, 6) is 1.67. The van der Waals surface area contributed by atoms with Crippen molar-refractivity contribution in [2.75, 3.05) is 13.3 Å². The van der Waals surface area contributed by atoms with E-state index < -0.39 is 4.92 Å². The van der Waals surface area contributed by atoms with E-state index in [1.807, 2.05) is 0 Å². The highest BCUT2D eigenvalue weighted by atomic mass is 16.6. The summed E-state index contributed by atoms with van der Waals surface area (Å²) in [6.45, 7) is 6.32. The van der Waals surface area contributed by atoms with Crippen molar-refractivity contribution in [1.29, 1.82) is 0 Å². The molecule has 0 bridgehead atoms. The van der Waals surface area contributed by atoms with Gasteiger partial charge in [-0.15, -0.1) is 0 Å². The number of carbonyl (C=O) groups excluding carboxylic acids is 1. The van der Waals surface area contributed by atoms with E-state index in [1.54, 1.807) is 24.3 Å². The van der Waals surface area contributed by atoms with Gasteiger partial charge in [-0.3, -0.25) is 19.8 Å². The molecule has 0 aliphatic carbocycles. The summed E-state index contributed by atoms with van der Waals surface area (Å²) in [6.07, 6.45) is 1.54. The minimum atomic E-state index is -0.467. The van der Waals surface area contributed by atoms with Gasteiger partial charge in [-0.05, 0) is 29.7 Å². The van der Waals surface area contributed by atoms with Crippen LogP contribution in [0.2, 0.25) is 0 Å². The van der Waals surface area contributed by atoms with Crippen molar-refractivity contribution in [3.05, 3.63) is 69.0 Å². The van der Waals surface area contributed by atoms with Crippen molar-refractivity contribution < 1.29 is 19.2 Å². The molecule has 4 rings (SSSR count). The van der Waals surface area contributed by atoms with Gasteiger partial charge in [-0.1, -0.05) is 26.0 Å². The van der Waals surface area contributed by atoms with Crippen molar-refractivity contribution >= 4 is 17.5 Å². The van der Waals surface area contributed by atoms with Crippen LogP contribution < -0.4 is 9.47 Å². The molecular weight excluding hydrogens is 360 g/mol. The Balaban J connectivity index is 1.66. The largest absolute Gasteiger partial charge is 0.478 e. The number of Topliss-reactive ketones (excluding diaryl/α,β-unsaturated/α-hetero) is 1. The third-order valence-corrected chi connectivity index (χ3v) is 4.68. The molecule has 2 aromatic rings. The molecule has 2 aliphatic heterocycles. The second-order valence-electron chi connectivity index (χ2n) is 7.39. The number of rotatable bonds is 4. The van der Waals surface area contributed by atoms with E-state index in [0.717, 1.165) is 17.9 Å². The van der Waals surface area contributed by atoms with E-state index in [2.05, 4.69) is 18.7 Å². The molecule has 0 atom stereocenters. The fourth-order valence-corrected chi connectivity index (χ4v) is 3.52. The average Bonchev–Trinajstić information content (AvgIpc) is 2.98. The Hall–Kier alpha value is -3.19. The molecule has 2 aliphatic rings. The second kappa shape index (κ2) is 7.09. The molecule has 2 aromatic carbocycles. The quantitative estimate of drug-likeness (QED) is 0.453. The Morgan fingerprint density at radius 1 is 1.29 bits per heavy atom. The van der Waals surface area contributed by atoms with Gasteiger partial charge in [0.15, 0.2) is 5.76 Å². The zero-order valence-corrected chi connectivity index (χ0v) is 15.7. The second-order valence-corrected chi connectivity index (χ2v) is 7.39. The number of nitro benzene ring substituents is 1. The Bertz CT molecular complexity index is 996. The predicted molar refractivity (Wildman–Crippen MR) is 103 cm³/mol. The standard InChI is InChI=1S/C21H20N2O5/c1-13(2)10-22-11-17-18(27-12-22)7-6-16-20(24)19(28-21(16)17)9-14-4-3-5-15(8-14)23(25)26/h3-9,13H,10-12H2,1-2H3/b19-9-. The van der Waals surface area contributed by atoms with E-state index in [1.165, 1.54) is 18.2 Å². The van der Waals surface area contributed by atoms with Crippen LogP contribution in [-0.4, -0.2) is 28.9 Å². The fraction of sp³-hybridized carbons (Fsp3) is 0.286. The highest BCUT2D eigenvalue weighted by Gasteiger charge is 2.33. The maximum Gasteiger partial charge on any atom is 0.270 e. The molecule has 0 radical (unpaired) electrons. The van der Waals surface area contributed by atoms with Gasteiger partial charge in [0.25, 0.3) is 5.69 Å². The number of hydrogen-bond acceptors (Lipinski definition) is 6. The van der Waals surface area contributed by atoms with Crippen molar-refractivity contribution in [3.8, 4) is 11.5 Å². The topological polar surface area (TPSA) is 81.9 Å². The molecule has 0 spiro atoms. The summed E-state index contributed by atoms with van der Waals surface area (Å²) in [7, 11) is 0. The van der Waals surface area contributed by atoms with Crippen molar-refractivity contribution in [2.45, 2.75) is 20.4 Å². The number of benzene rings is 2. The number of fused-ring (bicyclic) bond motifs is 3. The molecule has 0 unspecified atom stereocenters. The van der Waals surface area contributed by atoms with E-state index in [-0.39, 0.29) is 17.2 Å². The molecule has 144 valence electrons. The minimum Gasteiger partial charge on any atom is -0.478 e. The molecule has 0 N–H and O–H groups in total. The summed E-state index contributed by atoms with van der Waals surface area (Å²) in [6, 6.07) is 9.61. The smallest absolute Gasteiger partial charge is 0.270 e. The van der Waals surface area contributed by atoms with Crippen LogP contribution in [0.4, 0.5) is 5.69 Å². The molecule has 0 amide bonds. The van der Waals surface area contributed by atoms with Crippen LogP contribution in [0.25, 0.3) is 6.08 Å². The Labute approximate surface area is 162 Å². The van der Waals surface area contributed by atoms with Gasteiger partial charge in [0.1, 0.15) is 18.2 Å². The average molecular weight is 380 g/mol. The fourth-order valence-electron chi connectivity index (χ4n) is 3.52. The van der Waals surface area contributed by atoms with Gasteiger partial charge in [-0.25, -0.2) is 0 Å². The van der Waals surface area contributed by atoms with Crippen LogP contribution >= 0.6 is 0 Å². The van der Waals surface area contributed by atoms with E-state index in [0.29, 0.717) is 36.1 Å². The van der Waals surface area contributed by atoms with Crippen LogP contribution in [0.3, 0.4) is 0 Å². The highest BCUT2D eigenvalue weighted by Crippen LogP contribution is 2.42. The lowest BCUT2D eigenvalue weighted by atomic mass is 10.0. The number of allylic oxidation sites excluding steroid dienone is 1. The minimum absolute atomic E-state index is 0.0348. The molecule has 28 heavy (non-hydrogen) atoms. The van der Waals surface area contributed by atoms with Gasteiger partial charge < -0.3 is 9.47 Å². The number of hydrogen-bond donors (Lipinski definition) is 0. The van der Waals surface area contributed by atoms with Crippen LogP contribution in [0, 0.1) is 16.0 Å². The van der Waals surface area contributed by atoms with E-state index in [4.69, 9.17) is 9.47 Å². The Morgan fingerprint density at radius 3 is 2.86 bits per heavy atom. The lowest BCUT2D eigenvalue weighted by Crippen LogP contribution is -2.34. The van der Waals surface area contributed by atoms with Gasteiger partial charge in [-0.2, -0.15) is 0 Å². The van der Waals surface area contributed by atoms with Crippen LogP contribution in [0.1, 0.15) is 35.3 Å². The third-order valence-electron chi connectivity index (χ3n) is 4.68. The summed E-state index contributed by atoms with van der Waals surface area (Å²) in [5, 5.41) is 11.0. The first-order valence-corrected chi connectivity index (χ1v) is 9.12. The molecule has 7 heteroatoms. The molecule has 7 nitrogen and oxygen atoms in total. The summed E-state index contributed by atoms with van der Waals surface area (Å²) < 4.78 is 11.7. The zero-order chi connectivity index (χ0) is 19.8. The lowest BCUT2D eigenvalue weighted by molar-refractivity contribution is -0.384. The molecule has 2 heterocycles. The number of nitro groups is 1. The van der Waals surface area contributed by atoms with Crippen LogP contribution in [0.5, 0.6) is 11.5 Å². The third kappa shape index (κ3) is 3.36. The monoisotopic (exact) mass is 380 g/mol. The van der Waals surface area contributed by atoms with E-state index in [9.17, 15) is 14.9 Å². The first-order valence-electron chi connectivity index (χ1n) is 9.12. The molecule has 0 saturated carbocycles. The first kappa shape index (κ1) is 18.2. The molecule has 0 fully saturated rings. The first-order chi connectivity index (χ1) is 13.4. The van der Waals surface area contributed by atoms with Gasteiger partial charge in [0.2, 0.25) is 5.78 Å². The normalized spacial score (nSPS) is 17.2. The molecule has 0 aromatic heterocycles. The lowest BCUT2D eigenvalue weighted by Gasteiger charge is -2.30. The zero-order valence-electron chi connectivity index (χ0n) is 15.7. The van der Waals surface area contributed by atoms with Crippen LogP contribution in [-0.2, 0) is 6.54 Å². The summed E-state index contributed by atoms with van der Waals surface area (Å²) in [4.78, 5) is 25.5. The van der Waals surface area contributed by atoms with Crippen LogP contribution in [0.15, 0.2) is 42.2 Å². The number of nitrogens with zero attached hydrogens (tertiary/aromatic N) is 2. The molecule has 0 saturated heterocycles. The highest BCUT2D eigenvalue weighted by molar-refractivity contribution is 6.15. The Morgan fingerprint density at radius 2 is 2.11 bits per heavy atom. The van der Waals surface area contributed by atoms with Gasteiger partial charge in [0, 0.05) is 25.2 Å². The number of ketones is 1.